The van der Waals surface area contributed by atoms with Crippen molar-refractivity contribution in [1.82, 2.24) is 20.1 Å². The molecule has 0 aliphatic carbocycles. The number of hydrogen-bond acceptors (Lipinski definition) is 3. The van der Waals surface area contributed by atoms with E-state index in [0.29, 0.717) is 5.02 Å². The lowest BCUT2D eigenvalue weighted by Crippen LogP contribution is -2.14. The van der Waals surface area contributed by atoms with Gasteiger partial charge in [0.2, 0.25) is 0 Å². The summed E-state index contributed by atoms with van der Waals surface area (Å²) in [5, 5.41) is 8.27. The Hall–Kier alpha value is -1.39. The van der Waals surface area contributed by atoms with E-state index in [-0.39, 0.29) is 6.04 Å². The topological polar surface area (TPSA) is 42.7 Å². The van der Waals surface area contributed by atoms with E-state index in [9.17, 15) is 0 Å². The summed E-state index contributed by atoms with van der Waals surface area (Å²) in [6.07, 6.45) is 1.82. The Balaban J connectivity index is 2.37. The second-order valence-electron chi connectivity index (χ2n) is 4.35. The van der Waals surface area contributed by atoms with Gasteiger partial charge in [-0.05, 0) is 40.0 Å². The molecule has 1 atom stereocenters. The minimum Gasteiger partial charge on any atom is -0.312 e. The van der Waals surface area contributed by atoms with Gasteiger partial charge in [0.25, 0.3) is 0 Å². The second-order valence-corrected chi connectivity index (χ2v) is 4.73. The first-order valence-corrected chi connectivity index (χ1v) is 6.27. The first kappa shape index (κ1) is 13.1. The van der Waals surface area contributed by atoms with Crippen LogP contribution in [0, 0.1) is 13.8 Å². The molecule has 2 aromatic rings. The van der Waals surface area contributed by atoms with Gasteiger partial charge in [0.15, 0.2) is 0 Å². The molecular formula is C13H17ClN4. The van der Waals surface area contributed by atoms with Gasteiger partial charge in [-0.2, -0.15) is 5.10 Å². The zero-order valence-electron chi connectivity index (χ0n) is 11.0. The van der Waals surface area contributed by atoms with Gasteiger partial charge in [0.1, 0.15) is 0 Å². The molecule has 18 heavy (non-hydrogen) atoms. The molecule has 0 spiro atoms. The van der Waals surface area contributed by atoms with Crippen LogP contribution in [0.2, 0.25) is 5.02 Å². The fourth-order valence-corrected chi connectivity index (χ4v) is 1.92. The molecule has 0 saturated heterocycles. The molecule has 0 bridgehead atoms. The first-order chi connectivity index (χ1) is 8.54. The number of aryl methyl sites for hydroxylation is 1. The average molecular weight is 265 g/mol. The molecule has 2 aromatic heterocycles. The van der Waals surface area contributed by atoms with Gasteiger partial charge >= 0.3 is 0 Å². The molecule has 0 aliphatic rings. The van der Waals surface area contributed by atoms with Gasteiger partial charge in [-0.3, -0.25) is 4.98 Å². The van der Waals surface area contributed by atoms with Gasteiger partial charge in [-0.25, -0.2) is 4.68 Å². The average Bonchev–Trinajstić information content (AvgIpc) is 2.66. The maximum absolute atomic E-state index is 6.14. The fourth-order valence-electron chi connectivity index (χ4n) is 1.80. The molecule has 0 amide bonds. The lowest BCUT2D eigenvalue weighted by Gasteiger charge is -2.10. The molecule has 4 nitrogen and oxygen atoms in total. The van der Waals surface area contributed by atoms with E-state index >= 15 is 0 Å². The number of rotatable bonds is 3. The van der Waals surface area contributed by atoms with Crippen LogP contribution in [0.3, 0.4) is 0 Å². The minimum atomic E-state index is 0.239. The van der Waals surface area contributed by atoms with Crippen molar-refractivity contribution in [2.75, 3.05) is 7.05 Å². The van der Waals surface area contributed by atoms with Crippen LogP contribution in [0.15, 0.2) is 18.3 Å². The molecule has 2 heterocycles. The van der Waals surface area contributed by atoms with Gasteiger partial charge < -0.3 is 5.32 Å². The lowest BCUT2D eigenvalue weighted by atomic mass is 10.2. The molecule has 0 aliphatic heterocycles. The number of aromatic nitrogens is 3. The fraction of sp³-hybridized carbons (Fsp3) is 0.385. The van der Waals surface area contributed by atoms with E-state index in [2.05, 4.69) is 22.3 Å². The van der Waals surface area contributed by atoms with E-state index in [1.807, 2.05) is 43.9 Å². The second kappa shape index (κ2) is 5.08. The molecule has 96 valence electrons. The summed E-state index contributed by atoms with van der Waals surface area (Å²) in [7, 11) is 1.92. The van der Waals surface area contributed by atoms with Crippen LogP contribution < -0.4 is 5.32 Å². The van der Waals surface area contributed by atoms with Gasteiger partial charge in [0, 0.05) is 6.04 Å². The van der Waals surface area contributed by atoms with E-state index in [4.69, 9.17) is 11.6 Å². The van der Waals surface area contributed by atoms with Crippen LogP contribution in [-0.4, -0.2) is 21.8 Å². The van der Waals surface area contributed by atoms with Crippen molar-refractivity contribution in [2.24, 2.45) is 0 Å². The van der Waals surface area contributed by atoms with Crippen LogP contribution in [-0.2, 0) is 0 Å². The Morgan fingerprint density at radius 2 is 2.06 bits per heavy atom. The number of halogens is 1. The zero-order valence-corrected chi connectivity index (χ0v) is 11.8. The smallest absolute Gasteiger partial charge is 0.0848 e. The summed E-state index contributed by atoms with van der Waals surface area (Å²) in [5.41, 5.74) is 3.70. The van der Waals surface area contributed by atoms with Crippen LogP contribution in [0.5, 0.6) is 0 Å². The number of hydrogen-bond donors (Lipinski definition) is 1. The summed E-state index contributed by atoms with van der Waals surface area (Å²) in [5.74, 6) is 0. The summed E-state index contributed by atoms with van der Waals surface area (Å²) >= 11 is 6.14. The molecule has 0 saturated carbocycles. The highest BCUT2D eigenvalue weighted by Crippen LogP contribution is 2.22. The van der Waals surface area contributed by atoms with Crippen molar-refractivity contribution >= 4 is 11.6 Å². The highest BCUT2D eigenvalue weighted by Gasteiger charge is 2.11. The molecule has 1 N–H and O–H groups in total. The predicted octanol–water partition coefficient (Wildman–Crippen LogP) is 2.82. The van der Waals surface area contributed by atoms with Crippen molar-refractivity contribution in [3.63, 3.8) is 0 Å². The minimum absolute atomic E-state index is 0.239. The first-order valence-electron chi connectivity index (χ1n) is 5.90. The third-order valence-corrected chi connectivity index (χ3v) is 3.64. The third kappa shape index (κ3) is 2.26. The maximum Gasteiger partial charge on any atom is 0.0848 e. The number of nitrogens with one attached hydrogen (secondary N) is 1. The maximum atomic E-state index is 6.14. The lowest BCUT2D eigenvalue weighted by molar-refractivity contribution is 0.632. The zero-order chi connectivity index (χ0) is 13.3. The van der Waals surface area contributed by atoms with Crippen molar-refractivity contribution < 1.29 is 0 Å². The summed E-state index contributed by atoms with van der Waals surface area (Å²) < 4.78 is 1.82. The van der Waals surface area contributed by atoms with Crippen molar-refractivity contribution in [1.29, 1.82) is 0 Å². The Kier molecular flexibility index (Phi) is 3.68. The van der Waals surface area contributed by atoms with Gasteiger partial charge in [-0.15, -0.1) is 0 Å². The molecule has 1 unspecified atom stereocenters. The summed E-state index contributed by atoms with van der Waals surface area (Å²) in [6.45, 7) is 5.92. The standard InChI is InChI=1S/C13H17ClN4/c1-8(15-4)12-6-5-11(7-16-12)18-10(3)13(14)9(2)17-18/h5-8,15H,1-4H3. The largest absolute Gasteiger partial charge is 0.312 e. The monoisotopic (exact) mass is 264 g/mol. The Morgan fingerprint density at radius 3 is 2.50 bits per heavy atom. The predicted molar refractivity (Wildman–Crippen MR) is 73.3 cm³/mol. The molecule has 5 heteroatoms. The Labute approximate surface area is 112 Å². The van der Waals surface area contributed by atoms with Crippen LogP contribution in [0.4, 0.5) is 0 Å². The third-order valence-electron chi connectivity index (χ3n) is 3.09. The van der Waals surface area contributed by atoms with Crippen LogP contribution in [0.1, 0.15) is 30.0 Å². The molecule has 0 fully saturated rings. The normalized spacial score (nSPS) is 12.7. The molecule has 0 radical (unpaired) electrons. The number of pyridine rings is 1. The molecular weight excluding hydrogens is 248 g/mol. The summed E-state index contributed by atoms with van der Waals surface area (Å²) in [6, 6.07) is 4.25. The molecule has 0 aromatic carbocycles. The van der Waals surface area contributed by atoms with Gasteiger partial charge in [0.05, 0.1) is 34.0 Å². The number of nitrogens with zero attached hydrogens (tertiary/aromatic N) is 3. The van der Waals surface area contributed by atoms with Crippen LogP contribution in [0.25, 0.3) is 5.69 Å². The molecule has 2 rings (SSSR count). The van der Waals surface area contributed by atoms with Crippen LogP contribution >= 0.6 is 11.6 Å². The van der Waals surface area contributed by atoms with E-state index in [0.717, 1.165) is 22.8 Å². The van der Waals surface area contributed by atoms with Crippen molar-refractivity contribution in [3.8, 4) is 5.69 Å². The van der Waals surface area contributed by atoms with Crippen molar-refractivity contribution in [3.05, 3.63) is 40.4 Å². The quantitative estimate of drug-likeness (QED) is 0.927. The van der Waals surface area contributed by atoms with Gasteiger partial charge in [-0.1, -0.05) is 11.6 Å². The SMILES string of the molecule is CNC(C)c1ccc(-n2nc(C)c(Cl)c2C)cn1. The highest BCUT2D eigenvalue weighted by molar-refractivity contribution is 6.31. The summed E-state index contributed by atoms with van der Waals surface area (Å²) in [4.78, 5) is 4.44. The Morgan fingerprint density at radius 1 is 1.33 bits per heavy atom. The van der Waals surface area contributed by atoms with E-state index in [1.54, 1.807) is 0 Å². The highest BCUT2D eigenvalue weighted by atomic mass is 35.5. The van der Waals surface area contributed by atoms with E-state index < -0.39 is 0 Å². The Bertz CT molecular complexity index is 545. The van der Waals surface area contributed by atoms with Crippen molar-refractivity contribution in [2.45, 2.75) is 26.8 Å². The van der Waals surface area contributed by atoms with E-state index in [1.165, 1.54) is 0 Å².